The second-order valence-corrected chi connectivity index (χ2v) is 12.2. The molecule has 0 bridgehead atoms. The lowest BCUT2D eigenvalue weighted by Gasteiger charge is -2.22. The molecule has 208 valence electrons. The van der Waals surface area contributed by atoms with Crippen LogP contribution in [0.5, 0.6) is 11.5 Å². The van der Waals surface area contributed by atoms with Gasteiger partial charge in [-0.3, -0.25) is 9.10 Å². The van der Waals surface area contributed by atoms with Crippen molar-refractivity contribution in [3.63, 3.8) is 0 Å². The Morgan fingerprint density at radius 2 is 1.95 bits per heavy atom. The number of ether oxygens (including phenoxy) is 3. The Morgan fingerprint density at radius 3 is 2.70 bits per heavy atom. The number of aryl methyl sites for hydroxylation is 2. The number of H-pyrrole nitrogens is 1. The van der Waals surface area contributed by atoms with E-state index in [-0.39, 0.29) is 34.4 Å². The van der Waals surface area contributed by atoms with Crippen LogP contribution in [0.25, 0.3) is 16.3 Å². The molecule has 3 heterocycles. The molecule has 5 rings (SSSR count). The Kier molecular flexibility index (Phi) is 7.39. The summed E-state index contributed by atoms with van der Waals surface area (Å²) in [6, 6.07) is 10.3. The van der Waals surface area contributed by atoms with Gasteiger partial charge in [-0.25, -0.2) is 18.2 Å². The maximum Gasteiger partial charge on any atom is 0.331 e. The van der Waals surface area contributed by atoms with Crippen molar-refractivity contribution < 1.29 is 27.4 Å². The molecular formula is C28H27N3O7S2. The van der Waals surface area contributed by atoms with E-state index in [0.717, 1.165) is 16.0 Å². The number of fused-ring (bicyclic) bond motifs is 2. The molecule has 0 saturated heterocycles. The monoisotopic (exact) mass is 581 g/mol. The zero-order chi connectivity index (χ0) is 28.6. The Balaban J connectivity index is 1.39. The molecule has 1 N–H and O–H groups in total. The smallest absolute Gasteiger partial charge is 0.331 e. The van der Waals surface area contributed by atoms with Crippen LogP contribution in [-0.4, -0.2) is 45.1 Å². The highest BCUT2D eigenvalue weighted by Gasteiger charge is 2.34. The summed E-state index contributed by atoms with van der Waals surface area (Å²) in [6.07, 6.45) is 3.19. The molecule has 2 aromatic carbocycles. The summed E-state index contributed by atoms with van der Waals surface area (Å²) in [5.74, 6) is -0.211. The highest BCUT2D eigenvalue weighted by atomic mass is 32.2. The Hall–Kier alpha value is -4.16. The number of hydrogen-bond acceptors (Lipinski definition) is 9. The molecule has 1 aliphatic heterocycles. The molecular weight excluding hydrogens is 554 g/mol. The highest BCUT2D eigenvalue weighted by Crippen LogP contribution is 2.40. The molecule has 0 spiro atoms. The van der Waals surface area contributed by atoms with Gasteiger partial charge in [0.1, 0.15) is 22.2 Å². The summed E-state index contributed by atoms with van der Waals surface area (Å²) in [5, 5.41) is 0.536. The maximum absolute atomic E-state index is 13.8. The van der Waals surface area contributed by atoms with E-state index < -0.39 is 16.0 Å². The molecule has 0 atom stereocenters. The Labute approximate surface area is 234 Å². The van der Waals surface area contributed by atoms with Gasteiger partial charge in [-0.1, -0.05) is 18.2 Å². The fraction of sp³-hybridized carbons (Fsp3) is 0.250. The van der Waals surface area contributed by atoms with E-state index in [4.69, 9.17) is 14.2 Å². The summed E-state index contributed by atoms with van der Waals surface area (Å²) < 4.78 is 45.0. The number of methoxy groups -OCH3 is 2. The van der Waals surface area contributed by atoms with Crippen LogP contribution >= 0.6 is 11.3 Å². The van der Waals surface area contributed by atoms with Crippen molar-refractivity contribution >= 4 is 49.3 Å². The Morgan fingerprint density at radius 1 is 1.18 bits per heavy atom. The van der Waals surface area contributed by atoms with Crippen LogP contribution in [-0.2, 0) is 32.6 Å². The lowest BCUT2D eigenvalue weighted by atomic mass is 10.2. The van der Waals surface area contributed by atoms with Crippen molar-refractivity contribution in [2.75, 3.05) is 25.1 Å². The lowest BCUT2D eigenvalue weighted by molar-refractivity contribution is -0.139. The molecule has 4 aromatic rings. The number of nitrogens with zero attached hydrogens (tertiary/aromatic N) is 2. The van der Waals surface area contributed by atoms with E-state index in [2.05, 4.69) is 9.97 Å². The second kappa shape index (κ2) is 10.8. The van der Waals surface area contributed by atoms with Crippen molar-refractivity contribution in [2.45, 2.75) is 31.8 Å². The number of carbonyl (C=O) groups is 1. The Bertz CT molecular complexity index is 1820. The molecule has 0 aliphatic carbocycles. The van der Waals surface area contributed by atoms with Crippen molar-refractivity contribution in [3.8, 4) is 11.5 Å². The van der Waals surface area contributed by atoms with Gasteiger partial charge in [0.05, 0.1) is 25.3 Å². The number of para-hydroxylation sites is 1. The predicted octanol–water partition coefficient (Wildman–Crippen LogP) is 4.13. The molecule has 0 unspecified atom stereocenters. The second-order valence-electron chi connectivity index (χ2n) is 9.13. The number of aromatic amines is 1. The van der Waals surface area contributed by atoms with Crippen molar-refractivity contribution in [2.24, 2.45) is 0 Å². The van der Waals surface area contributed by atoms with Gasteiger partial charge >= 0.3 is 5.97 Å². The SMILES string of the molecule is COc1cc(C=CC(=O)OCc2nc3sc(C)c(C)c3c(=O)[nH]2)cc(S(=O)(=O)N2CCc3ccccc32)c1OC. The van der Waals surface area contributed by atoms with E-state index in [9.17, 15) is 18.0 Å². The fourth-order valence-corrected chi connectivity index (χ4v) is 7.39. The third kappa shape index (κ3) is 4.95. The van der Waals surface area contributed by atoms with E-state index in [1.807, 2.05) is 26.0 Å². The van der Waals surface area contributed by atoms with Crippen LogP contribution in [0.4, 0.5) is 5.69 Å². The van der Waals surface area contributed by atoms with E-state index in [1.54, 1.807) is 18.2 Å². The number of carbonyl (C=O) groups excluding carboxylic acids is 1. The number of benzene rings is 2. The van der Waals surface area contributed by atoms with Gasteiger partial charge in [0, 0.05) is 17.5 Å². The summed E-state index contributed by atoms with van der Waals surface area (Å²) in [4.78, 5) is 33.5. The number of nitrogens with one attached hydrogen (secondary N) is 1. The van der Waals surface area contributed by atoms with Crippen molar-refractivity contribution in [1.29, 1.82) is 0 Å². The first-order valence-electron chi connectivity index (χ1n) is 12.3. The third-order valence-electron chi connectivity index (χ3n) is 6.73. The van der Waals surface area contributed by atoms with Crippen molar-refractivity contribution in [1.82, 2.24) is 9.97 Å². The van der Waals surface area contributed by atoms with Gasteiger partial charge in [-0.15, -0.1) is 11.3 Å². The molecule has 0 radical (unpaired) electrons. The zero-order valence-electron chi connectivity index (χ0n) is 22.3. The maximum atomic E-state index is 13.8. The largest absolute Gasteiger partial charge is 0.493 e. The van der Waals surface area contributed by atoms with Crippen LogP contribution in [0.1, 0.15) is 27.4 Å². The molecule has 0 saturated carbocycles. The van der Waals surface area contributed by atoms with E-state index in [0.29, 0.717) is 34.4 Å². The summed E-state index contributed by atoms with van der Waals surface area (Å²) in [5.41, 5.74) is 2.54. The minimum absolute atomic E-state index is 0.0658. The highest BCUT2D eigenvalue weighted by molar-refractivity contribution is 7.93. The van der Waals surface area contributed by atoms with E-state index >= 15 is 0 Å². The quantitative estimate of drug-likeness (QED) is 0.243. The lowest BCUT2D eigenvalue weighted by Crippen LogP contribution is -2.29. The van der Waals surface area contributed by atoms with Crippen LogP contribution in [0.15, 0.2) is 52.2 Å². The summed E-state index contributed by atoms with van der Waals surface area (Å²) >= 11 is 1.40. The van der Waals surface area contributed by atoms with Gasteiger partial charge in [0.25, 0.3) is 15.6 Å². The molecule has 1 aliphatic rings. The van der Waals surface area contributed by atoms with Gasteiger partial charge < -0.3 is 19.2 Å². The minimum Gasteiger partial charge on any atom is -0.493 e. The zero-order valence-corrected chi connectivity index (χ0v) is 23.9. The number of hydrogen-bond donors (Lipinski definition) is 1. The first-order chi connectivity index (χ1) is 19.1. The molecule has 40 heavy (non-hydrogen) atoms. The number of aromatic nitrogens is 2. The van der Waals surface area contributed by atoms with Gasteiger partial charge in [-0.05, 0) is 61.2 Å². The topological polar surface area (TPSA) is 128 Å². The third-order valence-corrected chi connectivity index (χ3v) is 9.65. The summed E-state index contributed by atoms with van der Waals surface area (Å²) in [7, 11) is -1.24. The molecule has 12 heteroatoms. The molecule has 10 nitrogen and oxygen atoms in total. The predicted molar refractivity (Wildman–Crippen MR) is 153 cm³/mol. The number of anilines is 1. The van der Waals surface area contributed by atoms with Crippen molar-refractivity contribution in [3.05, 3.63) is 80.2 Å². The minimum atomic E-state index is -4.02. The number of thiophene rings is 1. The normalized spacial score (nSPS) is 13.2. The fourth-order valence-electron chi connectivity index (χ4n) is 4.63. The van der Waals surface area contributed by atoms with Crippen LogP contribution in [0.2, 0.25) is 0 Å². The first kappa shape index (κ1) is 27.4. The number of rotatable bonds is 8. The average Bonchev–Trinajstić information content (AvgIpc) is 3.51. The van der Waals surface area contributed by atoms with Crippen LogP contribution in [0.3, 0.4) is 0 Å². The summed E-state index contributed by atoms with van der Waals surface area (Å²) in [6.45, 7) is 3.85. The number of esters is 1. The molecule has 0 fully saturated rings. The van der Waals surface area contributed by atoms with Crippen LogP contribution in [0, 0.1) is 13.8 Å². The van der Waals surface area contributed by atoms with Gasteiger partial charge in [0.15, 0.2) is 11.5 Å². The molecule has 0 amide bonds. The standard InChI is InChI=1S/C28H27N3O7S2/c1-16-17(2)39-28-25(16)27(33)29-23(30-28)15-38-24(32)10-9-18-13-21(36-3)26(37-4)22(14-18)40(34,35)31-12-11-19-7-5-6-8-20(19)31/h5-10,13-14H,11-12,15H2,1-4H3,(H,29,30,33). The number of sulfonamides is 1. The van der Waals surface area contributed by atoms with E-state index in [1.165, 1.54) is 48.1 Å². The average molecular weight is 582 g/mol. The molecule has 2 aromatic heterocycles. The van der Waals surface area contributed by atoms with Gasteiger partial charge in [0.2, 0.25) is 0 Å². The van der Waals surface area contributed by atoms with Gasteiger partial charge in [-0.2, -0.15) is 0 Å². The first-order valence-corrected chi connectivity index (χ1v) is 14.6. The van der Waals surface area contributed by atoms with Crippen LogP contribution < -0.4 is 19.3 Å².